The number of aryl methyl sites for hydroxylation is 1. The molecule has 2 nitrogen and oxygen atoms in total. The average Bonchev–Trinajstić information content (AvgIpc) is 2.68. The van der Waals surface area contributed by atoms with Crippen LogP contribution in [0.2, 0.25) is 0 Å². The summed E-state index contributed by atoms with van der Waals surface area (Å²) in [4.78, 5) is 0. The molecule has 1 rings (SSSR count). The highest BCUT2D eigenvalue weighted by atomic mass is 35.5. The monoisotopic (exact) mass is 284 g/mol. The molecule has 0 fully saturated rings. The van der Waals surface area contributed by atoms with E-state index in [1.54, 1.807) is 0 Å². The van der Waals surface area contributed by atoms with Crippen LogP contribution >= 0.6 is 11.6 Å². The van der Waals surface area contributed by atoms with Crippen molar-refractivity contribution in [2.75, 3.05) is 0 Å². The highest BCUT2D eigenvalue weighted by molar-refractivity contribution is 6.20. The zero-order valence-electron chi connectivity index (χ0n) is 13.2. The first-order chi connectivity index (χ1) is 9.04. The zero-order valence-corrected chi connectivity index (χ0v) is 13.9. The summed E-state index contributed by atoms with van der Waals surface area (Å²) in [7, 11) is 0. The predicted molar refractivity (Wildman–Crippen MR) is 83.9 cm³/mol. The van der Waals surface area contributed by atoms with E-state index in [1.165, 1.54) is 36.9 Å². The van der Waals surface area contributed by atoms with E-state index in [0.29, 0.717) is 0 Å². The van der Waals surface area contributed by atoms with Crippen molar-refractivity contribution >= 4 is 11.6 Å². The number of aromatic nitrogens is 2. The van der Waals surface area contributed by atoms with Crippen LogP contribution in [0.25, 0.3) is 0 Å². The quantitative estimate of drug-likeness (QED) is 0.584. The van der Waals surface area contributed by atoms with Crippen molar-refractivity contribution in [2.24, 2.45) is 5.92 Å². The maximum Gasteiger partial charge on any atom is 0.0643 e. The van der Waals surface area contributed by atoms with Crippen molar-refractivity contribution in [2.45, 2.75) is 78.6 Å². The molecule has 0 amide bonds. The fraction of sp³-hybridized carbons (Fsp3) is 0.812. The summed E-state index contributed by atoms with van der Waals surface area (Å²) < 4.78 is 2.18. The Labute approximate surface area is 123 Å². The van der Waals surface area contributed by atoms with Crippen LogP contribution in [0.15, 0.2) is 0 Å². The minimum absolute atomic E-state index is 0.101. The fourth-order valence-corrected chi connectivity index (χ4v) is 3.02. The summed E-state index contributed by atoms with van der Waals surface area (Å²) in [5.41, 5.74) is 3.61. The Hall–Kier alpha value is -0.500. The van der Waals surface area contributed by atoms with Crippen molar-refractivity contribution in [3.05, 3.63) is 17.0 Å². The molecule has 1 aromatic rings. The fourth-order valence-electron chi connectivity index (χ4n) is 2.71. The second-order valence-electron chi connectivity index (χ2n) is 5.56. The Balaban J connectivity index is 2.84. The van der Waals surface area contributed by atoms with Crippen LogP contribution in [0.3, 0.4) is 0 Å². The van der Waals surface area contributed by atoms with Gasteiger partial charge in [0.05, 0.1) is 11.1 Å². The molecule has 0 aliphatic heterocycles. The molecule has 0 aliphatic carbocycles. The third kappa shape index (κ3) is 4.24. The first-order valence-corrected chi connectivity index (χ1v) is 8.16. The van der Waals surface area contributed by atoms with Crippen molar-refractivity contribution in [3.8, 4) is 0 Å². The molecule has 0 radical (unpaired) electrons. The Kier molecular flexibility index (Phi) is 6.92. The van der Waals surface area contributed by atoms with E-state index in [9.17, 15) is 0 Å². The van der Waals surface area contributed by atoms with Gasteiger partial charge in [0.15, 0.2) is 0 Å². The van der Waals surface area contributed by atoms with Crippen molar-refractivity contribution in [3.63, 3.8) is 0 Å². The molecule has 19 heavy (non-hydrogen) atoms. The maximum absolute atomic E-state index is 6.42. The van der Waals surface area contributed by atoms with Crippen molar-refractivity contribution < 1.29 is 0 Å². The van der Waals surface area contributed by atoms with Crippen LogP contribution in [0.4, 0.5) is 0 Å². The van der Waals surface area contributed by atoms with Crippen LogP contribution < -0.4 is 0 Å². The molecule has 3 heteroatoms. The van der Waals surface area contributed by atoms with Crippen LogP contribution in [-0.4, -0.2) is 9.78 Å². The summed E-state index contributed by atoms with van der Waals surface area (Å²) in [6, 6.07) is 0. The topological polar surface area (TPSA) is 17.8 Å². The summed E-state index contributed by atoms with van der Waals surface area (Å²) in [6.45, 7) is 11.9. The zero-order chi connectivity index (χ0) is 14.4. The van der Waals surface area contributed by atoms with Gasteiger partial charge in [-0.25, -0.2) is 0 Å². The molecule has 1 aromatic heterocycles. The summed E-state index contributed by atoms with van der Waals surface area (Å²) in [5, 5.41) is 4.81. The first-order valence-electron chi connectivity index (χ1n) is 7.72. The maximum atomic E-state index is 6.42. The molecule has 110 valence electrons. The van der Waals surface area contributed by atoms with Gasteiger partial charge >= 0.3 is 0 Å². The van der Waals surface area contributed by atoms with Crippen LogP contribution in [0.5, 0.6) is 0 Å². The van der Waals surface area contributed by atoms with Gasteiger partial charge < -0.3 is 0 Å². The SMILES string of the molecule is CCCCC(CC)Cn1nc(C)c(C(Cl)CC)c1C. The molecule has 0 bridgehead atoms. The van der Waals surface area contributed by atoms with Crippen LogP contribution in [0, 0.1) is 19.8 Å². The van der Waals surface area contributed by atoms with E-state index in [-0.39, 0.29) is 5.38 Å². The van der Waals surface area contributed by atoms with E-state index in [1.807, 2.05) is 0 Å². The minimum atomic E-state index is 0.101. The van der Waals surface area contributed by atoms with E-state index in [2.05, 4.69) is 39.3 Å². The molecule has 0 saturated heterocycles. The Morgan fingerprint density at radius 1 is 1.16 bits per heavy atom. The number of halogens is 1. The standard InChI is InChI=1S/C16H29ClN2/c1-6-9-10-14(7-2)11-19-13(5)16(12(4)18-19)15(17)8-3/h14-15H,6-11H2,1-5H3. The van der Waals surface area contributed by atoms with Gasteiger partial charge in [0, 0.05) is 17.8 Å². The molecule has 2 atom stereocenters. The lowest BCUT2D eigenvalue weighted by Gasteiger charge is -2.16. The summed E-state index contributed by atoms with van der Waals surface area (Å²) in [6.07, 6.45) is 6.09. The van der Waals surface area contributed by atoms with Crippen molar-refractivity contribution in [1.29, 1.82) is 0 Å². The molecule has 0 aromatic carbocycles. The molecule has 2 unspecified atom stereocenters. The van der Waals surface area contributed by atoms with E-state index in [4.69, 9.17) is 16.7 Å². The normalized spacial score (nSPS) is 14.6. The van der Waals surface area contributed by atoms with Crippen LogP contribution in [-0.2, 0) is 6.54 Å². The van der Waals surface area contributed by atoms with Gasteiger partial charge in [-0.15, -0.1) is 11.6 Å². The highest BCUT2D eigenvalue weighted by Gasteiger charge is 2.19. The lowest BCUT2D eigenvalue weighted by Crippen LogP contribution is -2.13. The molecule has 1 heterocycles. The van der Waals surface area contributed by atoms with Gasteiger partial charge in [-0.05, 0) is 32.6 Å². The number of unbranched alkanes of at least 4 members (excludes halogenated alkanes) is 1. The molecule has 0 aliphatic rings. The van der Waals surface area contributed by atoms with Gasteiger partial charge in [0.25, 0.3) is 0 Å². The average molecular weight is 285 g/mol. The highest BCUT2D eigenvalue weighted by Crippen LogP contribution is 2.30. The van der Waals surface area contributed by atoms with Gasteiger partial charge in [-0.1, -0.05) is 40.0 Å². The molecule has 0 spiro atoms. The summed E-state index contributed by atoms with van der Waals surface area (Å²) in [5.74, 6) is 0.737. The Bertz CT molecular complexity index is 384. The number of nitrogens with zero attached hydrogens (tertiary/aromatic N) is 2. The first kappa shape index (κ1) is 16.6. The smallest absolute Gasteiger partial charge is 0.0643 e. The minimum Gasteiger partial charge on any atom is -0.269 e. The lowest BCUT2D eigenvalue weighted by molar-refractivity contribution is 0.367. The van der Waals surface area contributed by atoms with E-state index >= 15 is 0 Å². The third-order valence-electron chi connectivity index (χ3n) is 4.08. The van der Waals surface area contributed by atoms with E-state index in [0.717, 1.165) is 24.6 Å². The number of alkyl halides is 1. The van der Waals surface area contributed by atoms with Crippen LogP contribution in [0.1, 0.15) is 75.2 Å². The Morgan fingerprint density at radius 2 is 1.84 bits per heavy atom. The summed E-state index contributed by atoms with van der Waals surface area (Å²) >= 11 is 6.42. The number of rotatable bonds is 8. The van der Waals surface area contributed by atoms with Gasteiger partial charge in [0.2, 0.25) is 0 Å². The largest absolute Gasteiger partial charge is 0.269 e. The third-order valence-corrected chi connectivity index (χ3v) is 4.61. The van der Waals surface area contributed by atoms with Crippen molar-refractivity contribution in [1.82, 2.24) is 9.78 Å². The Morgan fingerprint density at radius 3 is 2.37 bits per heavy atom. The molecule has 0 saturated carbocycles. The molecular weight excluding hydrogens is 256 g/mol. The number of hydrogen-bond acceptors (Lipinski definition) is 1. The lowest BCUT2D eigenvalue weighted by atomic mass is 9.99. The van der Waals surface area contributed by atoms with Gasteiger partial charge in [-0.2, -0.15) is 5.10 Å². The molecular formula is C16H29ClN2. The second kappa shape index (κ2) is 7.94. The second-order valence-corrected chi connectivity index (χ2v) is 6.09. The van der Waals surface area contributed by atoms with Gasteiger partial charge in [-0.3, -0.25) is 4.68 Å². The van der Waals surface area contributed by atoms with E-state index < -0.39 is 0 Å². The predicted octanol–water partition coefficient (Wildman–Crippen LogP) is 5.41. The van der Waals surface area contributed by atoms with Gasteiger partial charge in [0.1, 0.15) is 0 Å². The molecule has 0 N–H and O–H groups in total. The number of hydrogen-bond donors (Lipinski definition) is 0.